The Morgan fingerprint density at radius 2 is 1.87 bits per heavy atom. The highest BCUT2D eigenvalue weighted by Gasteiger charge is 2.19. The zero-order chi connectivity index (χ0) is 22.3. The maximum Gasteiger partial charge on any atom is 0.169 e. The number of aromatic nitrogens is 2. The van der Waals surface area contributed by atoms with Gasteiger partial charge in [0.25, 0.3) is 0 Å². The van der Waals surface area contributed by atoms with Crippen molar-refractivity contribution in [3.63, 3.8) is 0 Å². The minimum absolute atomic E-state index is 0.0437. The first kappa shape index (κ1) is 23.3. The van der Waals surface area contributed by atoms with Gasteiger partial charge in [0.2, 0.25) is 0 Å². The van der Waals surface area contributed by atoms with Gasteiger partial charge in [0, 0.05) is 41.0 Å². The molecule has 1 atom stereocenters. The van der Waals surface area contributed by atoms with E-state index in [9.17, 15) is 9.59 Å². The summed E-state index contributed by atoms with van der Waals surface area (Å²) >= 11 is 0. The van der Waals surface area contributed by atoms with Crippen molar-refractivity contribution < 1.29 is 14.1 Å². The average Bonchev–Trinajstić information content (AvgIpc) is 3.36. The predicted octanol–water partition coefficient (Wildman–Crippen LogP) is 4.45. The maximum atomic E-state index is 11.2. The van der Waals surface area contributed by atoms with Crippen molar-refractivity contribution in [1.29, 1.82) is 0 Å². The molecule has 1 aromatic carbocycles. The van der Waals surface area contributed by atoms with Gasteiger partial charge in [-0.25, -0.2) is 0 Å². The standard InChI is InChI=1S/C15H18N2O2.C8H14N2O/c1-11(5-6-16-2)17-14(10-19)8-13-4-3-12(9-18)7-15(13)17;1-8(2,3)6-5-7(9-4)10-11-6/h3-4,7-11,16H,5-6H2,1-2H3;5H,1-4H3,(H,9,10). The Bertz CT molecular complexity index is 982. The van der Waals surface area contributed by atoms with Crippen LogP contribution in [0.3, 0.4) is 0 Å². The van der Waals surface area contributed by atoms with Gasteiger partial charge in [-0.2, -0.15) is 0 Å². The summed E-state index contributed by atoms with van der Waals surface area (Å²) in [5.41, 5.74) is 2.27. The molecule has 0 aliphatic heterocycles. The van der Waals surface area contributed by atoms with Crippen molar-refractivity contribution in [1.82, 2.24) is 15.0 Å². The molecule has 7 heteroatoms. The lowest BCUT2D eigenvalue weighted by Gasteiger charge is -2.17. The first-order valence-electron chi connectivity index (χ1n) is 10.1. The molecular formula is C23H32N4O3. The second-order valence-corrected chi connectivity index (χ2v) is 8.31. The van der Waals surface area contributed by atoms with Crippen LogP contribution in [0.4, 0.5) is 5.82 Å². The van der Waals surface area contributed by atoms with E-state index in [4.69, 9.17) is 4.52 Å². The SMILES string of the molecule is CNCCC(C)n1c(C=O)cc2ccc(C=O)cc21.CNc1cc(C(C)(C)C)on1. The van der Waals surface area contributed by atoms with Crippen molar-refractivity contribution >= 4 is 29.3 Å². The van der Waals surface area contributed by atoms with Gasteiger partial charge in [0.1, 0.15) is 12.0 Å². The number of carbonyl (C=O) groups is 2. The molecule has 0 aliphatic carbocycles. The van der Waals surface area contributed by atoms with E-state index >= 15 is 0 Å². The van der Waals surface area contributed by atoms with Gasteiger partial charge in [-0.3, -0.25) is 9.59 Å². The molecule has 3 rings (SSSR count). The second-order valence-electron chi connectivity index (χ2n) is 8.31. The zero-order valence-corrected chi connectivity index (χ0v) is 18.7. The molecule has 0 bridgehead atoms. The fraction of sp³-hybridized carbons (Fsp3) is 0.435. The molecule has 3 aromatic rings. The monoisotopic (exact) mass is 412 g/mol. The zero-order valence-electron chi connectivity index (χ0n) is 18.7. The predicted molar refractivity (Wildman–Crippen MR) is 121 cm³/mol. The highest BCUT2D eigenvalue weighted by Crippen LogP contribution is 2.26. The van der Waals surface area contributed by atoms with Crippen LogP contribution in [-0.4, -0.2) is 42.9 Å². The molecule has 2 heterocycles. The van der Waals surface area contributed by atoms with E-state index in [-0.39, 0.29) is 11.5 Å². The summed E-state index contributed by atoms with van der Waals surface area (Å²) in [7, 11) is 3.73. The summed E-state index contributed by atoms with van der Waals surface area (Å²) in [6, 6.07) is 9.48. The number of hydrogen-bond donors (Lipinski definition) is 2. The highest BCUT2D eigenvalue weighted by atomic mass is 16.5. The summed E-state index contributed by atoms with van der Waals surface area (Å²) < 4.78 is 7.11. The van der Waals surface area contributed by atoms with Gasteiger partial charge in [0.05, 0.1) is 5.69 Å². The number of benzene rings is 1. The van der Waals surface area contributed by atoms with Crippen LogP contribution >= 0.6 is 0 Å². The highest BCUT2D eigenvalue weighted by molar-refractivity contribution is 5.92. The minimum Gasteiger partial charge on any atom is -0.370 e. The Morgan fingerprint density at radius 3 is 2.37 bits per heavy atom. The third kappa shape index (κ3) is 5.57. The van der Waals surface area contributed by atoms with Crippen molar-refractivity contribution in [3.8, 4) is 0 Å². The van der Waals surface area contributed by atoms with Crippen molar-refractivity contribution in [2.45, 2.75) is 45.6 Å². The Labute approximate surface area is 177 Å². The van der Waals surface area contributed by atoms with Crippen LogP contribution in [0.15, 0.2) is 34.9 Å². The molecule has 0 saturated heterocycles. The van der Waals surface area contributed by atoms with Gasteiger partial charge in [-0.05, 0) is 39.1 Å². The number of aldehydes is 2. The van der Waals surface area contributed by atoms with Crippen LogP contribution in [0.2, 0.25) is 0 Å². The van der Waals surface area contributed by atoms with Crippen LogP contribution in [0.1, 0.15) is 66.8 Å². The van der Waals surface area contributed by atoms with Crippen molar-refractivity contribution in [2.24, 2.45) is 0 Å². The minimum atomic E-state index is 0.0437. The molecule has 0 spiro atoms. The lowest BCUT2D eigenvalue weighted by atomic mass is 9.93. The molecule has 2 N–H and O–H groups in total. The molecule has 30 heavy (non-hydrogen) atoms. The number of hydrogen-bond acceptors (Lipinski definition) is 6. The summed E-state index contributed by atoms with van der Waals surface area (Å²) in [4.78, 5) is 22.1. The molecule has 0 radical (unpaired) electrons. The number of fused-ring (bicyclic) bond motifs is 1. The topological polar surface area (TPSA) is 89.2 Å². The summed E-state index contributed by atoms with van der Waals surface area (Å²) in [6.45, 7) is 9.23. The van der Waals surface area contributed by atoms with Gasteiger partial charge < -0.3 is 19.7 Å². The number of nitrogens with zero attached hydrogens (tertiary/aromatic N) is 2. The van der Waals surface area contributed by atoms with E-state index in [2.05, 4.69) is 43.5 Å². The summed E-state index contributed by atoms with van der Waals surface area (Å²) in [6.07, 6.45) is 2.62. The fourth-order valence-corrected chi connectivity index (χ4v) is 3.14. The quantitative estimate of drug-likeness (QED) is 0.557. The molecule has 7 nitrogen and oxygen atoms in total. The van der Waals surface area contributed by atoms with Gasteiger partial charge >= 0.3 is 0 Å². The van der Waals surface area contributed by atoms with E-state index in [0.717, 1.165) is 48.0 Å². The fourth-order valence-electron chi connectivity index (χ4n) is 3.14. The number of carbonyl (C=O) groups excluding carboxylic acids is 2. The third-order valence-corrected chi connectivity index (χ3v) is 4.91. The Hall–Kier alpha value is -2.93. The van der Waals surface area contributed by atoms with E-state index in [0.29, 0.717) is 11.3 Å². The molecule has 0 amide bonds. The largest absolute Gasteiger partial charge is 0.370 e. The Kier molecular flexibility index (Phi) is 7.94. The lowest BCUT2D eigenvalue weighted by Crippen LogP contribution is -2.15. The van der Waals surface area contributed by atoms with Crippen LogP contribution in [0, 0.1) is 0 Å². The van der Waals surface area contributed by atoms with Crippen LogP contribution < -0.4 is 10.6 Å². The molecule has 2 aromatic heterocycles. The van der Waals surface area contributed by atoms with Crippen molar-refractivity contribution in [3.05, 3.63) is 47.3 Å². The maximum absolute atomic E-state index is 11.2. The van der Waals surface area contributed by atoms with E-state index in [1.54, 1.807) is 6.07 Å². The Balaban J connectivity index is 0.000000248. The summed E-state index contributed by atoms with van der Waals surface area (Å²) in [5.74, 6) is 1.69. The van der Waals surface area contributed by atoms with Crippen LogP contribution in [0.5, 0.6) is 0 Å². The third-order valence-electron chi connectivity index (χ3n) is 4.91. The summed E-state index contributed by atoms with van der Waals surface area (Å²) in [5, 5.41) is 10.8. The number of rotatable bonds is 7. The molecule has 0 aliphatic rings. The lowest BCUT2D eigenvalue weighted by molar-refractivity contribution is 0.111. The van der Waals surface area contributed by atoms with E-state index < -0.39 is 0 Å². The first-order chi connectivity index (χ1) is 14.2. The second kappa shape index (κ2) is 10.2. The molecule has 0 fully saturated rings. The van der Waals surface area contributed by atoms with Gasteiger partial charge in [-0.15, -0.1) is 0 Å². The van der Waals surface area contributed by atoms with Crippen molar-refractivity contribution in [2.75, 3.05) is 26.0 Å². The van der Waals surface area contributed by atoms with Crippen LogP contribution in [-0.2, 0) is 5.41 Å². The van der Waals surface area contributed by atoms with E-state index in [1.807, 2.05) is 42.9 Å². The normalized spacial score (nSPS) is 12.2. The van der Waals surface area contributed by atoms with Gasteiger partial charge in [-0.1, -0.05) is 38.1 Å². The number of anilines is 1. The molecule has 0 saturated carbocycles. The number of nitrogens with one attached hydrogen (secondary N) is 2. The average molecular weight is 413 g/mol. The molecule has 1 unspecified atom stereocenters. The van der Waals surface area contributed by atoms with E-state index in [1.165, 1.54) is 0 Å². The van der Waals surface area contributed by atoms with Crippen LogP contribution in [0.25, 0.3) is 10.9 Å². The molecular weight excluding hydrogens is 380 g/mol. The first-order valence-corrected chi connectivity index (χ1v) is 10.1. The molecule has 162 valence electrons. The Morgan fingerprint density at radius 1 is 1.13 bits per heavy atom. The van der Waals surface area contributed by atoms with Gasteiger partial charge in [0.15, 0.2) is 12.1 Å². The smallest absolute Gasteiger partial charge is 0.169 e.